The van der Waals surface area contributed by atoms with E-state index in [9.17, 15) is 9.59 Å². The topological polar surface area (TPSA) is 34.1 Å². The van der Waals surface area contributed by atoms with Gasteiger partial charge in [0.25, 0.3) is 0 Å². The molecule has 0 unspecified atom stereocenters. The molecule has 12 heavy (non-hydrogen) atoms. The maximum absolute atomic E-state index is 10.8. The molecule has 2 nitrogen and oxygen atoms in total. The van der Waals surface area contributed by atoms with Crippen molar-refractivity contribution in [1.82, 2.24) is 0 Å². The van der Waals surface area contributed by atoms with Crippen LogP contribution in [0.4, 0.5) is 0 Å². The Morgan fingerprint density at radius 2 is 1.75 bits per heavy atom. The zero-order chi connectivity index (χ0) is 9.56. The van der Waals surface area contributed by atoms with Crippen molar-refractivity contribution in [1.29, 1.82) is 0 Å². The normalized spacial score (nSPS) is 10.3. The molecule has 0 N–H and O–H groups in total. The molecule has 0 saturated heterocycles. The number of carbonyl (C=O) groups excluding carboxylic acids is 2. The van der Waals surface area contributed by atoms with E-state index < -0.39 is 0 Å². The zero-order valence-corrected chi connectivity index (χ0v) is 8.22. The Labute approximate surface area is 74.3 Å². The average molecular weight is 170 g/mol. The van der Waals surface area contributed by atoms with E-state index in [-0.39, 0.29) is 11.6 Å². The first-order valence-electron chi connectivity index (χ1n) is 4.57. The summed E-state index contributed by atoms with van der Waals surface area (Å²) in [6, 6.07) is 0. The molecule has 0 aromatic heterocycles. The third-order valence-corrected chi connectivity index (χ3v) is 1.83. The van der Waals surface area contributed by atoms with Crippen molar-refractivity contribution in [3.8, 4) is 0 Å². The maximum atomic E-state index is 10.8. The van der Waals surface area contributed by atoms with Crippen LogP contribution in [0.5, 0.6) is 0 Å². The third kappa shape index (κ3) is 6.08. The largest absolute Gasteiger partial charge is 0.291 e. The second-order valence-corrected chi connectivity index (χ2v) is 3.62. The fourth-order valence-corrected chi connectivity index (χ4v) is 1.01. The first kappa shape index (κ1) is 11.3. The summed E-state index contributed by atoms with van der Waals surface area (Å²) in [5.74, 6) is 0.163. The van der Waals surface area contributed by atoms with Gasteiger partial charge in [-0.25, -0.2) is 0 Å². The quantitative estimate of drug-likeness (QED) is 0.453. The molecule has 0 saturated carbocycles. The number of unbranched alkanes of at least 4 members (excludes halogenated alkanes) is 1. The van der Waals surface area contributed by atoms with Gasteiger partial charge in [-0.05, 0) is 12.3 Å². The van der Waals surface area contributed by atoms with Gasteiger partial charge in [0.15, 0.2) is 11.6 Å². The van der Waals surface area contributed by atoms with Gasteiger partial charge in [0, 0.05) is 13.3 Å². The number of rotatable bonds is 6. The minimum absolute atomic E-state index is 0.223. The Bertz CT molecular complexity index is 159. The molecule has 0 aromatic rings. The van der Waals surface area contributed by atoms with Crippen LogP contribution in [0.2, 0.25) is 0 Å². The van der Waals surface area contributed by atoms with Gasteiger partial charge in [-0.15, -0.1) is 0 Å². The zero-order valence-electron chi connectivity index (χ0n) is 8.22. The molecular formula is C10H18O2. The smallest absolute Gasteiger partial charge is 0.198 e. The van der Waals surface area contributed by atoms with Crippen LogP contribution in [-0.2, 0) is 9.59 Å². The van der Waals surface area contributed by atoms with Crippen LogP contribution in [0, 0.1) is 5.92 Å². The Kier molecular flexibility index (Phi) is 5.60. The van der Waals surface area contributed by atoms with Crippen LogP contribution in [0.25, 0.3) is 0 Å². The number of Topliss-reactive ketones (excluding diaryl/α,β-unsaturated/α-hetero) is 2. The standard InChI is InChI=1S/C10H18O2/c1-8(2)6-4-5-7-10(12)9(3)11/h8H,4-7H2,1-3H3. The molecule has 0 spiro atoms. The van der Waals surface area contributed by atoms with Crippen molar-refractivity contribution >= 4 is 11.6 Å². The summed E-state index contributed by atoms with van der Waals surface area (Å²) < 4.78 is 0. The monoisotopic (exact) mass is 170 g/mol. The van der Waals surface area contributed by atoms with Gasteiger partial charge in [-0.1, -0.05) is 26.7 Å². The predicted octanol–water partition coefficient (Wildman–Crippen LogP) is 2.36. The van der Waals surface area contributed by atoms with E-state index in [1.54, 1.807) is 0 Å². The van der Waals surface area contributed by atoms with Gasteiger partial charge in [0.1, 0.15) is 0 Å². The van der Waals surface area contributed by atoms with Gasteiger partial charge >= 0.3 is 0 Å². The van der Waals surface area contributed by atoms with Crippen molar-refractivity contribution in [3.63, 3.8) is 0 Å². The first-order chi connectivity index (χ1) is 5.54. The van der Waals surface area contributed by atoms with Crippen molar-refractivity contribution < 1.29 is 9.59 Å². The fraction of sp³-hybridized carbons (Fsp3) is 0.800. The second-order valence-electron chi connectivity index (χ2n) is 3.62. The Morgan fingerprint density at radius 1 is 1.17 bits per heavy atom. The molecule has 0 aliphatic carbocycles. The summed E-state index contributed by atoms with van der Waals surface area (Å²) in [5.41, 5.74) is 0. The van der Waals surface area contributed by atoms with E-state index in [0.29, 0.717) is 12.3 Å². The summed E-state index contributed by atoms with van der Waals surface area (Å²) in [5, 5.41) is 0. The molecule has 0 amide bonds. The van der Waals surface area contributed by atoms with Crippen LogP contribution in [0.3, 0.4) is 0 Å². The van der Waals surface area contributed by atoms with Gasteiger partial charge in [0.05, 0.1) is 0 Å². The summed E-state index contributed by atoms with van der Waals surface area (Å²) in [4.78, 5) is 21.4. The lowest BCUT2D eigenvalue weighted by atomic mass is 10.0. The summed E-state index contributed by atoms with van der Waals surface area (Å²) in [7, 11) is 0. The summed E-state index contributed by atoms with van der Waals surface area (Å²) in [6.07, 6.45) is 3.49. The number of hydrogen-bond acceptors (Lipinski definition) is 2. The van der Waals surface area contributed by atoms with E-state index >= 15 is 0 Å². The van der Waals surface area contributed by atoms with Crippen molar-refractivity contribution in [2.75, 3.05) is 0 Å². The van der Waals surface area contributed by atoms with E-state index in [4.69, 9.17) is 0 Å². The fourth-order valence-electron chi connectivity index (χ4n) is 1.01. The summed E-state index contributed by atoms with van der Waals surface area (Å²) in [6.45, 7) is 5.66. The molecule has 0 aliphatic heterocycles. The van der Waals surface area contributed by atoms with Gasteiger partial charge in [-0.2, -0.15) is 0 Å². The lowest BCUT2D eigenvalue weighted by Gasteiger charge is -2.02. The highest BCUT2D eigenvalue weighted by molar-refractivity contribution is 6.36. The van der Waals surface area contributed by atoms with Crippen molar-refractivity contribution in [3.05, 3.63) is 0 Å². The van der Waals surface area contributed by atoms with E-state index in [1.807, 2.05) is 0 Å². The predicted molar refractivity (Wildman–Crippen MR) is 49.0 cm³/mol. The van der Waals surface area contributed by atoms with Gasteiger partial charge in [-0.3, -0.25) is 9.59 Å². The molecule has 2 heteroatoms. The highest BCUT2D eigenvalue weighted by Crippen LogP contribution is 2.08. The maximum Gasteiger partial charge on any atom is 0.198 e. The molecule has 0 atom stereocenters. The minimum atomic E-state index is -0.306. The molecule has 0 fully saturated rings. The lowest BCUT2D eigenvalue weighted by molar-refractivity contribution is -0.135. The Morgan fingerprint density at radius 3 is 2.17 bits per heavy atom. The number of carbonyl (C=O) groups is 2. The molecule has 0 heterocycles. The van der Waals surface area contributed by atoms with Crippen molar-refractivity contribution in [2.45, 2.75) is 46.5 Å². The molecule has 0 aliphatic rings. The third-order valence-electron chi connectivity index (χ3n) is 1.83. The van der Waals surface area contributed by atoms with Crippen molar-refractivity contribution in [2.24, 2.45) is 5.92 Å². The summed E-state index contributed by atoms with van der Waals surface area (Å²) >= 11 is 0. The highest BCUT2D eigenvalue weighted by Gasteiger charge is 2.06. The van der Waals surface area contributed by atoms with Crippen LogP contribution in [-0.4, -0.2) is 11.6 Å². The van der Waals surface area contributed by atoms with Gasteiger partial charge < -0.3 is 0 Å². The molecule has 70 valence electrons. The average Bonchev–Trinajstić information content (AvgIpc) is 1.97. The van der Waals surface area contributed by atoms with Crippen LogP contribution in [0.15, 0.2) is 0 Å². The Balaban J connectivity index is 3.32. The van der Waals surface area contributed by atoms with Crippen LogP contribution in [0.1, 0.15) is 46.5 Å². The second kappa shape index (κ2) is 5.92. The SMILES string of the molecule is CC(=O)C(=O)CCCCC(C)C. The molecule has 0 aromatic carbocycles. The molecular weight excluding hydrogens is 152 g/mol. The minimum Gasteiger partial charge on any atom is -0.291 e. The molecule has 0 radical (unpaired) electrons. The lowest BCUT2D eigenvalue weighted by Crippen LogP contribution is -2.08. The van der Waals surface area contributed by atoms with Crippen LogP contribution >= 0.6 is 0 Å². The number of hydrogen-bond donors (Lipinski definition) is 0. The van der Waals surface area contributed by atoms with Crippen LogP contribution < -0.4 is 0 Å². The van der Waals surface area contributed by atoms with E-state index in [2.05, 4.69) is 13.8 Å². The highest BCUT2D eigenvalue weighted by atomic mass is 16.2. The molecule has 0 bridgehead atoms. The van der Waals surface area contributed by atoms with E-state index in [0.717, 1.165) is 19.3 Å². The van der Waals surface area contributed by atoms with E-state index in [1.165, 1.54) is 6.92 Å². The Hall–Kier alpha value is -0.660. The number of ketones is 2. The first-order valence-corrected chi connectivity index (χ1v) is 4.57. The molecule has 0 rings (SSSR count). The van der Waals surface area contributed by atoms with Gasteiger partial charge in [0.2, 0.25) is 0 Å².